The van der Waals surface area contributed by atoms with Gasteiger partial charge < -0.3 is 5.11 Å². The van der Waals surface area contributed by atoms with Crippen molar-refractivity contribution in [3.8, 4) is 0 Å². The zero-order valence-corrected chi connectivity index (χ0v) is 9.97. The molecule has 0 saturated heterocycles. The Morgan fingerprint density at radius 3 is 2.36 bits per heavy atom. The predicted octanol–water partition coefficient (Wildman–Crippen LogP) is 3.70. The van der Waals surface area contributed by atoms with Gasteiger partial charge >= 0.3 is 5.97 Å². The van der Waals surface area contributed by atoms with E-state index < -0.39 is 5.97 Å². The fourth-order valence-corrected chi connectivity index (χ4v) is 1.69. The molecule has 1 unspecified atom stereocenters. The van der Waals surface area contributed by atoms with Gasteiger partial charge in [-0.1, -0.05) is 47.0 Å². The van der Waals surface area contributed by atoms with Gasteiger partial charge in [0.2, 0.25) is 0 Å². The summed E-state index contributed by atoms with van der Waals surface area (Å²) in [7, 11) is 0. The molecule has 0 amide bonds. The number of carboxylic acid groups (broad SMARTS) is 1. The summed E-state index contributed by atoms with van der Waals surface area (Å²) in [6.45, 7) is 8.58. The van der Waals surface area contributed by atoms with Crippen LogP contribution in [-0.2, 0) is 4.79 Å². The highest BCUT2D eigenvalue weighted by Gasteiger charge is 2.24. The summed E-state index contributed by atoms with van der Waals surface area (Å²) in [6.07, 6.45) is 4.65. The van der Waals surface area contributed by atoms with E-state index >= 15 is 0 Å². The van der Waals surface area contributed by atoms with Gasteiger partial charge in [-0.05, 0) is 17.8 Å². The SMILES string of the molecule is CCC(C)(CCCC(C)C)CC(=O)O. The average Bonchev–Trinajstić information content (AvgIpc) is 2.02. The lowest BCUT2D eigenvalue weighted by Crippen LogP contribution is -2.20. The molecule has 1 atom stereocenters. The molecule has 0 aliphatic rings. The van der Waals surface area contributed by atoms with E-state index in [1.54, 1.807) is 0 Å². The van der Waals surface area contributed by atoms with Crippen molar-refractivity contribution >= 4 is 5.97 Å². The Bertz CT molecular complexity index is 175. The molecule has 2 heteroatoms. The van der Waals surface area contributed by atoms with Gasteiger partial charge in [-0.3, -0.25) is 4.79 Å². The van der Waals surface area contributed by atoms with Gasteiger partial charge in [-0.25, -0.2) is 0 Å². The Kier molecular flexibility index (Phi) is 5.82. The highest BCUT2D eigenvalue weighted by molar-refractivity contribution is 5.67. The van der Waals surface area contributed by atoms with Crippen LogP contribution >= 0.6 is 0 Å². The highest BCUT2D eigenvalue weighted by atomic mass is 16.4. The van der Waals surface area contributed by atoms with Crippen LogP contribution in [0, 0.1) is 11.3 Å². The highest BCUT2D eigenvalue weighted by Crippen LogP contribution is 2.32. The molecule has 14 heavy (non-hydrogen) atoms. The van der Waals surface area contributed by atoms with Crippen molar-refractivity contribution in [2.75, 3.05) is 0 Å². The van der Waals surface area contributed by atoms with Gasteiger partial charge in [-0.15, -0.1) is 0 Å². The second-order valence-electron chi connectivity index (χ2n) is 5.02. The van der Waals surface area contributed by atoms with Crippen molar-refractivity contribution in [3.63, 3.8) is 0 Å². The largest absolute Gasteiger partial charge is 0.481 e. The minimum atomic E-state index is -0.668. The van der Waals surface area contributed by atoms with Gasteiger partial charge in [0.1, 0.15) is 0 Å². The molecule has 2 nitrogen and oxygen atoms in total. The first-order chi connectivity index (χ1) is 6.39. The molecule has 0 rings (SSSR count). The normalized spacial score (nSPS) is 15.5. The second kappa shape index (κ2) is 6.05. The smallest absolute Gasteiger partial charge is 0.303 e. The third-order valence-electron chi connectivity index (χ3n) is 2.99. The second-order valence-corrected chi connectivity index (χ2v) is 5.02. The fourth-order valence-electron chi connectivity index (χ4n) is 1.69. The number of aliphatic carboxylic acids is 1. The molecule has 0 fully saturated rings. The van der Waals surface area contributed by atoms with Gasteiger partial charge in [0.25, 0.3) is 0 Å². The van der Waals surface area contributed by atoms with Crippen LogP contribution in [0.15, 0.2) is 0 Å². The third-order valence-corrected chi connectivity index (χ3v) is 2.99. The molecule has 84 valence electrons. The monoisotopic (exact) mass is 200 g/mol. The quantitative estimate of drug-likeness (QED) is 0.680. The minimum Gasteiger partial charge on any atom is -0.481 e. The first kappa shape index (κ1) is 13.5. The first-order valence-electron chi connectivity index (χ1n) is 5.61. The van der Waals surface area contributed by atoms with Crippen LogP contribution in [0.5, 0.6) is 0 Å². The molecule has 0 aliphatic carbocycles. The lowest BCUT2D eigenvalue weighted by molar-refractivity contribution is -0.139. The summed E-state index contributed by atoms with van der Waals surface area (Å²) >= 11 is 0. The maximum absolute atomic E-state index is 10.7. The molecule has 0 aliphatic heterocycles. The van der Waals surface area contributed by atoms with E-state index in [1.807, 2.05) is 0 Å². The summed E-state index contributed by atoms with van der Waals surface area (Å²) in [5.74, 6) is 0.0554. The molecular weight excluding hydrogens is 176 g/mol. The minimum absolute atomic E-state index is 0.000718. The molecule has 0 bridgehead atoms. The zero-order chi connectivity index (χ0) is 11.2. The zero-order valence-electron chi connectivity index (χ0n) is 9.97. The van der Waals surface area contributed by atoms with Gasteiger partial charge in [0.15, 0.2) is 0 Å². The van der Waals surface area contributed by atoms with Crippen molar-refractivity contribution in [2.45, 2.75) is 59.8 Å². The van der Waals surface area contributed by atoms with Crippen molar-refractivity contribution in [2.24, 2.45) is 11.3 Å². The van der Waals surface area contributed by atoms with Crippen LogP contribution in [0.4, 0.5) is 0 Å². The Labute approximate surface area is 87.7 Å². The Morgan fingerprint density at radius 1 is 1.43 bits per heavy atom. The number of hydrogen-bond donors (Lipinski definition) is 1. The third kappa shape index (κ3) is 6.01. The molecule has 0 heterocycles. The van der Waals surface area contributed by atoms with Crippen molar-refractivity contribution in [3.05, 3.63) is 0 Å². The van der Waals surface area contributed by atoms with E-state index in [2.05, 4.69) is 27.7 Å². The van der Waals surface area contributed by atoms with E-state index in [-0.39, 0.29) is 5.41 Å². The van der Waals surface area contributed by atoms with Gasteiger partial charge in [0, 0.05) is 0 Å². The average molecular weight is 200 g/mol. The maximum atomic E-state index is 10.7. The lowest BCUT2D eigenvalue weighted by atomic mass is 9.79. The van der Waals surface area contributed by atoms with Crippen molar-refractivity contribution in [1.29, 1.82) is 0 Å². The Morgan fingerprint density at radius 2 is 2.00 bits per heavy atom. The predicted molar refractivity (Wildman–Crippen MR) is 59.3 cm³/mol. The lowest BCUT2D eigenvalue weighted by Gasteiger charge is -2.26. The Hall–Kier alpha value is -0.530. The summed E-state index contributed by atoms with van der Waals surface area (Å²) < 4.78 is 0. The standard InChI is InChI=1S/C12H24O2/c1-5-12(4,9-11(13)14)8-6-7-10(2)3/h10H,5-9H2,1-4H3,(H,13,14). The topological polar surface area (TPSA) is 37.3 Å². The van der Waals surface area contributed by atoms with Gasteiger partial charge in [0.05, 0.1) is 6.42 Å². The first-order valence-corrected chi connectivity index (χ1v) is 5.61. The van der Waals surface area contributed by atoms with Crippen LogP contribution in [0.1, 0.15) is 59.8 Å². The summed E-state index contributed by atoms with van der Waals surface area (Å²) in [5.41, 5.74) is 0.000718. The number of rotatable bonds is 7. The molecule has 0 aromatic carbocycles. The fraction of sp³-hybridized carbons (Fsp3) is 0.917. The number of carboxylic acids is 1. The van der Waals surface area contributed by atoms with Crippen LogP contribution in [0.25, 0.3) is 0 Å². The van der Waals surface area contributed by atoms with Crippen LogP contribution in [0.2, 0.25) is 0 Å². The molecule has 0 saturated carbocycles. The maximum Gasteiger partial charge on any atom is 0.303 e. The molecule has 1 N–H and O–H groups in total. The van der Waals surface area contributed by atoms with Crippen molar-refractivity contribution < 1.29 is 9.90 Å². The molecular formula is C12H24O2. The van der Waals surface area contributed by atoms with Crippen LogP contribution in [0.3, 0.4) is 0 Å². The molecule has 0 aromatic heterocycles. The van der Waals surface area contributed by atoms with Crippen LogP contribution < -0.4 is 0 Å². The molecule has 0 radical (unpaired) electrons. The number of carbonyl (C=O) groups is 1. The van der Waals surface area contributed by atoms with Crippen molar-refractivity contribution in [1.82, 2.24) is 0 Å². The van der Waals surface area contributed by atoms with Gasteiger partial charge in [-0.2, -0.15) is 0 Å². The van der Waals surface area contributed by atoms with E-state index in [4.69, 9.17) is 5.11 Å². The van der Waals surface area contributed by atoms with E-state index in [9.17, 15) is 4.79 Å². The summed E-state index contributed by atoms with van der Waals surface area (Å²) in [4.78, 5) is 10.7. The summed E-state index contributed by atoms with van der Waals surface area (Å²) in [5, 5.41) is 8.79. The van der Waals surface area contributed by atoms with Crippen LogP contribution in [-0.4, -0.2) is 11.1 Å². The van der Waals surface area contributed by atoms with E-state index in [1.165, 1.54) is 6.42 Å². The number of hydrogen-bond acceptors (Lipinski definition) is 1. The summed E-state index contributed by atoms with van der Waals surface area (Å²) in [6, 6.07) is 0. The van der Waals surface area contributed by atoms with E-state index in [0.29, 0.717) is 6.42 Å². The Balaban J connectivity index is 3.92. The molecule has 0 spiro atoms. The molecule has 0 aromatic rings. The van der Waals surface area contributed by atoms with E-state index in [0.717, 1.165) is 25.2 Å².